The van der Waals surface area contributed by atoms with Gasteiger partial charge >= 0.3 is 6.18 Å². The van der Waals surface area contributed by atoms with Crippen LogP contribution < -0.4 is 0 Å². The number of alkyl halides is 3. The minimum absolute atomic E-state index is 0.138. The number of aliphatic hydroxyl groups excluding tert-OH is 1. The summed E-state index contributed by atoms with van der Waals surface area (Å²) in [5.41, 5.74) is -1.85. The van der Waals surface area contributed by atoms with E-state index in [0.717, 1.165) is 0 Å². The summed E-state index contributed by atoms with van der Waals surface area (Å²) in [6, 6.07) is -0.153. The molecule has 2 heterocycles. The van der Waals surface area contributed by atoms with E-state index in [4.69, 9.17) is 17.0 Å². The molecule has 0 aromatic rings. The molecule has 0 bridgehead atoms. The number of ether oxygens (including phenoxy) is 4. The van der Waals surface area contributed by atoms with Crippen LogP contribution in [0.5, 0.6) is 0 Å². The monoisotopic (exact) mass is 340 g/mol. The molecule has 0 aromatic carbocycles. The van der Waals surface area contributed by atoms with Gasteiger partial charge in [-0.2, -0.15) is 13.2 Å². The summed E-state index contributed by atoms with van der Waals surface area (Å²) in [5.74, 6) is -0.728. The second-order valence-electron chi connectivity index (χ2n) is 6.24. The molecule has 3 aliphatic rings. The van der Waals surface area contributed by atoms with E-state index in [1.807, 2.05) is 0 Å². The number of aliphatic hydroxyl groups is 1. The highest BCUT2D eigenvalue weighted by Gasteiger charge is 2.70. The van der Waals surface area contributed by atoms with Crippen LogP contribution in [0.1, 0.15) is 16.1 Å². The summed E-state index contributed by atoms with van der Waals surface area (Å²) in [7, 11) is 1.27. The van der Waals surface area contributed by atoms with Gasteiger partial charge in [0.05, 0.1) is 33.6 Å². The van der Waals surface area contributed by atoms with Crippen molar-refractivity contribution in [2.75, 3.05) is 26.9 Å². The summed E-state index contributed by atoms with van der Waals surface area (Å²) < 4.78 is 73.8. The van der Waals surface area contributed by atoms with E-state index < -0.39 is 48.2 Å². The van der Waals surface area contributed by atoms with Gasteiger partial charge in [0.2, 0.25) is 0 Å². The van der Waals surface area contributed by atoms with Gasteiger partial charge in [-0.15, -0.1) is 0 Å². The Labute approximate surface area is 135 Å². The number of methoxy groups -OCH3 is 1. The van der Waals surface area contributed by atoms with Crippen molar-refractivity contribution in [2.24, 2.45) is 5.92 Å². The van der Waals surface area contributed by atoms with Gasteiger partial charge in [-0.1, -0.05) is 12.1 Å². The molecule has 132 valence electrons. The standard InChI is InChI=1S/C15H21F3O5/c1-13(10(23-13)4-6-21-8-15(16,17)18)12-11(20-2)9(19)3-5-14(12)7-22-14/h3,5,9-12,19H,4,6-8H2,1-2H3/t9-,10+,11+,12+,13?,14-/m0/s1/i3D,11D. The van der Waals surface area contributed by atoms with Crippen molar-refractivity contribution in [1.82, 2.24) is 0 Å². The molecule has 0 amide bonds. The summed E-state index contributed by atoms with van der Waals surface area (Å²) in [5, 5.41) is 10.3. The number of rotatable bonds is 6. The van der Waals surface area contributed by atoms with Crippen LogP contribution in [0.15, 0.2) is 12.1 Å². The second kappa shape index (κ2) is 5.70. The van der Waals surface area contributed by atoms with Gasteiger partial charge in [0.1, 0.15) is 17.8 Å². The second-order valence-corrected chi connectivity index (χ2v) is 6.24. The first kappa shape index (κ1) is 14.7. The van der Waals surface area contributed by atoms with Crippen molar-refractivity contribution in [3.63, 3.8) is 0 Å². The predicted molar refractivity (Wildman–Crippen MR) is 72.9 cm³/mol. The maximum absolute atomic E-state index is 12.1. The number of hydrogen-bond donors (Lipinski definition) is 1. The molecule has 2 saturated heterocycles. The zero-order valence-electron chi connectivity index (χ0n) is 14.9. The molecule has 0 radical (unpaired) electrons. The third-order valence-electron chi connectivity index (χ3n) is 4.58. The highest BCUT2D eigenvalue weighted by Crippen LogP contribution is 2.57. The molecule has 2 fully saturated rings. The van der Waals surface area contributed by atoms with Crippen LogP contribution in [0.3, 0.4) is 0 Å². The van der Waals surface area contributed by atoms with E-state index in [-0.39, 0.29) is 25.7 Å². The van der Waals surface area contributed by atoms with Crippen LogP contribution >= 0.6 is 0 Å². The number of epoxide rings is 2. The molecule has 1 spiro atoms. The molecule has 0 saturated carbocycles. The van der Waals surface area contributed by atoms with Gasteiger partial charge in [-0.3, -0.25) is 0 Å². The van der Waals surface area contributed by atoms with Gasteiger partial charge in [-0.25, -0.2) is 0 Å². The van der Waals surface area contributed by atoms with Crippen molar-refractivity contribution in [3.8, 4) is 0 Å². The van der Waals surface area contributed by atoms with Crippen molar-refractivity contribution in [2.45, 2.75) is 49.0 Å². The van der Waals surface area contributed by atoms with E-state index in [1.165, 1.54) is 13.2 Å². The van der Waals surface area contributed by atoms with Gasteiger partial charge in [0.25, 0.3) is 0 Å². The third-order valence-corrected chi connectivity index (χ3v) is 4.58. The SMILES string of the molecule is [2H]C1=C[C@]2(CO2)[C@@H](C2(C)O[C@@H]2CCOCC(F)(F)F)[C@]([2H])(OC)[C@H]1O. The van der Waals surface area contributed by atoms with Gasteiger partial charge < -0.3 is 24.1 Å². The lowest BCUT2D eigenvalue weighted by Crippen LogP contribution is -2.52. The Bertz CT molecular complexity index is 568. The quantitative estimate of drug-likeness (QED) is 0.450. The Morgan fingerprint density at radius 2 is 2.22 bits per heavy atom. The van der Waals surface area contributed by atoms with Crippen LogP contribution in [0.2, 0.25) is 0 Å². The van der Waals surface area contributed by atoms with Crippen molar-refractivity contribution < 1.29 is 40.0 Å². The maximum atomic E-state index is 12.1. The molecular formula is C15H21F3O5. The van der Waals surface area contributed by atoms with Gasteiger partial charge in [0, 0.05) is 13.7 Å². The van der Waals surface area contributed by atoms with Crippen molar-refractivity contribution >= 4 is 0 Å². The fraction of sp³-hybridized carbons (Fsp3) is 0.867. The van der Waals surface area contributed by atoms with Crippen LogP contribution in [0, 0.1) is 5.92 Å². The first-order valence-electron chi connectivity index (χ1n) is 8.37. The molecule has 8 heteroatoms. The molecule has 0 aromatic heterocycles. The molecule has 3 rings (SSSR count). The molecule has 1 unspecified atom stereocenters. The first-order valence-corrected chi connectivity index (χ1v) is 7.37. The minimum Gasteiger partial charge on any atom is -0.386 e. The zero-order valence-corrected chi connectivity index (χ0v) is 12.9. The predicted octanol–water partition coefficient (Wildman–Crippen LogP) is 1.44. The summed E-state index contributed by atoms with van der Waals surface area (Å²) in [4.78, 5) is 0. The van der Waals surface area contributed by atoms with Crippen LogP contribution in [0.25, 0.3) is 0 Å². The Balaban J connectivity index is 1.70. The smallest absolute Gasteiger partial charge is 0.386 e. The fourth-order valence-corrected chi connectivity index (χ4v) is 3.36. The van der Waals surface area contributed by atoms with E-state index >= 15 is 0 Å². The summed E-state index contributed by atoms with van der Waals surface area (Å²) >= 11 is 0. The van der Waals surface area contributed by atoms with Crippen LogP contribution in [0.4, 0.5) is 13.2 Å². The zero-order chi connectivity index (χ0) is 18.7. The molecule has 5 nitrogen and oxygen atoms in total. The minimum atomic E-state index is -4.38. The summed E-state index contributed by atoms with van der Waals surface area (Å²) in [6.07, 6.45) is -6.46. The Kier molecular flexibility index (Phi) is 3.63. The highest BCUT2D eigenvalue weighted by atomic mass is 19.4. The molecule has 1 N–H and O–H groups in total. The van der Waals surface area contributed by atoms with E-state index in [9.17, 15) is 18.3 Å². The fourth-order valence-electron chi connectivity index (χ4n) is 3.36. The number of halogens is 3. The van der Waals surface area contributed by atoms with Gasteiger partial charge in [0.15, 0.2) is 0 Å². The Hall–Kier alpha value is -0.670. The lowest BCUT2D eigenvalue weighted by molar-refractivity contribution is -0.174. The van der Waals surface area contributed by atoms with E-state index in [2.05, 4.69) is 4.74 Å². The van der Waals surface area contributed by atoms with Crippen molar-refractivity contribution in [1.29, 1.82) is 0 Å². The molecule has 23 heavy (non-hydrogen) atoms. The molecule has 2 aliphatic heterocycles. The first-order chi connectivity index (χ1) is 11.5. The number of hydrogen-bond acceptors (Lipinski definition) is 5. The topological polar surface area (TPSA) is 63.8 Å². The maximum Gasteiger partial charge on any atom is 0.411 e. The normalized spacial score (nSPS) is 50.3. The average molecular weight is 340 g/mol. The Morgan fingerprint density at radius 3 is 2.78 bits per heavy atom. The summed E-state index contributed by atoms with van der Waals surface area (Å²) in [6.45, 7) is 0.526. The van der Waals surface area contributed by atoms with E-state index in [1.54, 1.807) is 6.92 Å². The molecule has 6 atom stereocenters. The Morgan fingerprint density at radius 1 is 1.52 bits per heavy atom. The largest absolute Gasteiger partial charge is 0.411 e. The lowest BCUT2D eigenvalue weighted by Gasteiger charge is -2.38. The van der Waals surface area contributed by atoms with Crippen LogP contribution in [-0.4, -0.2) is 67.7 Å². The molecular weight excluding hydrogens is 317 g/mol. The third kappa shape index (κ3) is 3.28. The lowest BCUT2D eigenvalue weighted by atomic mass is 9.71. The van der Waals surface area contributed by atoms with E-state index in [0.29, 0.717) is 0 Å². The highest BCUT2D eigenvalue weighted by molar-refractivity contribution is 5.28. The van der Waals surface area contributed by atoms with Gasteiger partial charge in [-0.05, 0) is 13.3 Å². The van der Waals surface area contributed by atoms with Crippen LogP contribution in [-0.2, 0) is 18.9 Å². The average Bonchev–Trinajstić information content (AvgIpc) is 3.40. The molecule has 1 aliphatic carbocycles. The van der Waals surface area contributed by atoms with Crippen molar-refractivity contribution in [3.05, 3.63) is 12.1 Å².